The molecule has 0 amide bonds. The van der Waals surface area contributed by atoms with Crippen LogP contribution in [0.2, 0.25) is 0 Å². The highest BCUT2D eigenvalue weighted by Crippen LogP contribution is 2.05. The molecule has 0 aliphatic rings. The minimum Gasteiger partial charge on any atom is -0.330 e. The van der Waals surface area contributed by atoms with Gasteiger partial charge >= 0.3 is 0 Å². The van der Waals surface area contributed by atoms with Gasteiger partial charge in [-0.25, -0.2) is 9.97 Å². The van der Waals surface area contributed by atoms with Gasteiger partial charge in [-0.1, -0.05) is 6.42 Å². The first-order valence-electron chi connectivity index (χ1n) is 5.23. The van der Waals surface area contributed by atoms with Gasteiger partial charge in [0.1, 0.15) is 5.82 Å². The summed E-state index contributed by atoms with van der Waals surface area (Å²) in [6, 6.07) is 2.06. The van der Waals surface area contributed by atoms with E-state index in [4.69, 9.17) is 5.73 Å². The molecular weight excluding hydrogens is 174 g/mol. The second-order valence-corrected chi connectivity index (χ2v) is 3.65. The van der Waals surface area contributed by atoms with Crippen molar-refractivity contribution in [1.82, 2.24) is 9.97 Å². The lowest BCUT2D eigenvalue weighted by atomic mass is 10.1. The Hall–Kier alpha value is -0.960. The second-order valence-electron chi connectivity index (χ2n) is 3.65. The molecule has 3 nitrogen and oxygen atoms in total. The zero-order valence-corrected chi connectivity index (χ0v) is 9.08. The maximum atomic E-state index is 5.43. The van der Waals surface area contributed by atoms with Crippen molar-refractivity contribution >= 4 is 0 Å². The number of unbranched alkanes of at least 4 members (excludes halogenated alkanes) is 2. The summed E-state index contributed by atoms with van der Waals surface area (Å²) in [6.45, 7) is 4.75. The molecule has 0 fully saturated rings. The maximum absolute atomic E-state index is 5.43. The number of aryl methyl sites for hydroxylation is 3. The highest BCUT2D eigenvalue weighted by Gasteiger charge is 1.98. The number of nitrogens with zero attached hydrogens (tertiary/aromatic N) is 2. The number of aromatic nitrogens is 2. The molecule has 1 aromatic rings. The number of nitrogens with two attached hydrogens (primary N) is 1. The molecule has 2 N–H and O–H groups in total. The van der Waals surface area contributed by atoms with E-state index in [1.807, 2.05) is 13.8 Å². The zero-order valence-electron chi connectivity index (χ0n) is 9.08. The Morgan fingerprint density at radius 2 is 1.93 bits per heavy atom. The highest BCUT2D eigenvalue weighted by molar-refractivity contribution is 5.09. The van der Waals surface area contributed by atoms with Gasteiger partial charge < -0.3 is 5.73 Å². The van der Waals surface area contributed by atoms with Gasteiger partial charge in [0.2, 0.25) is 0 Å². The zero-order chi connectivity index (χ0) is 10.4. The first-order chi connectivity index (χ1) is 6.72. The summed E-state index contributed by atoms with van der Waals surface area (Å²) in [5.41, 5.74) is 7.65. The van der Waals surface area contributed by atoms with Crippen molar-refractivity contribution in [3.8, 4) is 0 Å². The minimum absolute atomic E-state index is 0.793. The molecule has 3 heteroatoms. The summed E-state index contributed by atoms with van der Waals surface area (Å²) in [5, 5.41) is 0. The Labute approximate surface area is 85.8 Å². The molecule has 1 aromatic heterocycles. The summed E-state index contributed by atoms with van der Waals surface area (Å²) in [4.78, 5) is 8.64. The first kappa shape index (κ1) is 11.1. The summed E-state index contributed by atoms with van der Waals surface area (Å²) in [5.74, 6) is 0.874. The van der Waals surface area contributed by atoms with Crippen LogP contribution in [0.1, 0.15) is 36.5 Å². The van der Waals surface area contributed by atoms with E-state index in [2.05, 4.69) is 16.0 Å². The molecule has 0 aliphatic carbocycles. The van der Waals surface area contributed by atoms with Crippen LogP contribution in [0.3, 0.4) is 0 Å². The molecule has 1 heterocycles. The lowest BCUT2D eigenvalue weighted by Crippen LogP contribution is -2.00. The summed E-state index contributed by atoms with van der Waals surface area (Å²) in [7, 11) is 0. The largest absolute Gasteiger partial charge is 0.330 e. The molecule has 0 bridgehead atoms. The van der Waals surface area contributed by atoms with Crippen molar-refractivity contribution in [2.45, 2.75) is 39.5 Å². The lowest BCUT2D eigenvalue weighted by molar-refractivity contribution is 0.676. The van der Waals surface area contributed by atoms with Crippen LogP contribution < -0.4 is 5.73 Å². The van der Waals surface area contributed by atoms with Crippen molar-refractivity contribution in [2.75, 3.05) is 6.54 Å². The lowest BCUT2D eigenvalue weighted by Gasteiger charge is -2.02. The molecular formula is C11H19N3. The van der Waals surface area contributed by atoms with Crippen LogP contribution in [0.25, 0.3) is 0 Å². The minimum atomic E-state index is 0.793. The van der Waals surface area contributed by atoms with Crippen LogP contribution in [-0.2, 0) is 6.42 Å². The third kappa shape index (κ3) is 3.83. The van der Waals surface area contributed by atoms with Crippen LogP contribution in [-0.4, -0.2) is 16.5 Å². The van der Waals surface area contributed by atoms with Gasteiger partial charge in [-0.3, -0.25) is 0 Å². The van der Waals surface area contributed by atoms with E-state index in [9.17, 15) is 0 Å². The molecule has 0 spiro atoms. The van der Waals surface area contributed by atoms with Crippen molar-refractivity contribution < 1.29 is 0 Å². The van der Waals surface area contributed by atoms with Crippen molar-refractivity contribution in [3.05, 3.63) is 23.3 Å². The monoisotopic (exact) mass is 193 g/mol. The van der Waals surface area contributed by atoms with Crippen LogP contribution in [0.5, 0.6) is 0 Å². The fraction of sp³-hybridized carbons (Fsp3) is 0.636. The average Bonchev–Trinajstić information content (AvgIpc) is 2.11. The Kier molecular flexibility index (Phi) is 4.53. The standard InChI is InChI=1S/C11H19N3/c1-9-8-11(14-10(2)13-9)6-4-3-5-7-12/h8H,3-7,12H2,1-2H3. The topological polar surface area (TPSA) is 51.8 Å². The maximum Gasteiger partial charge on any atom is 0.125 e. The molecule has 0 saturated carbocycles. The molecule has 0 unspecified atom stereocenters. The van der Waals surface area contributed by atoms with E-state index < -0.39 is 0 Å². The second kappa shape index (κ2) is 5.70. The van der Waals surface area contributed by atoms with Gasteiger partial charge in [0.15, 0.2) is 0 Å². The number of rotatable bonds is 5. The molecule has 1 rings (SSSR count). The van der Waals surface area contributed by atoms with E-state index in [0.717, 1.165) is 36.6 Å². The fourth-order valence-electron chi connectivity index (χ4n) is 1.55. The van der Waals surface area contributed by atoms with E-state index in [1.165, 1.54) is 12.8 Å². The van der Waals surface area contributed by atoms with Gasteiger partial charge in [0.25, 0.3) is 0 Å². The Morgan fingerprint density at radius 1 is 1.14 bits per heavy atom. The summed E-state index contributed by atoms with van der Waals surface area (Å²) >= 11 is 0. The Bertz CT molecular complexity index is 264. The van der Waals surface area contributed by atoms with Gasteiger partial charge in [0, 0.05) is 11.4 Å². The highest BCUT2D eigenvalue weighted by atomic mass is 14.9. The van der Waals surface area contributed by atoms with Crippen LogP contribution in [0, 0.1) is 13.8 Å². The Balaban J connectivity index is 2.42. The fourth-order valence-corrected chi connectivity index (χ4v) is 1.55. The summed E-state index contributed by atoms with van der Waals surface area (Å²) < 4.78 is 0. The van der Waals surface area contributed by atoms with Gasteiger partial charge in [-0.2, -0.15) is 0 Å². The molecule has 0 aromatic carbocycles. The van der Waals surface area contributed by atoms with E-state index in [0.29, 0.717) is 0 Å². The van der Waals surface area contributed by atoms with Crippen LogP contribution in [0.4, 0.5) is 0 Å². The van der Waals surface area contributed by atoms with E-state index in [1.54, 1.807) is 0 Å². The molecule has 0 radical (unpaired) electrons. The normalized spacial score (nSPS) is 10.5. The third-order valence-electron chi connectivity index (χ3n) is 2.16. The van der Waals surface area contributed by atoms with E-state index in [-0.39, 0.29) is 0 Å². The predicted octanol–water partition coefficient (Wildman–Crippen LogP) is 1.76. The predicted molar refractivity (Wildman–Crippen MR) is 58.1 cm³/mol. The smallest absolute Gasteiger partial charge is 0.125 e. The van der Waals surface area contributed by atoms with E-state index >= 15 is 0 Å². The quantitative estimate of drug-likeness (QED) is 0.725. The molecule has 78 valence electrons. The van der Waals surface area contributed by atoms with Crippen LogP contribution >= 0.6 is 0 Å². The number of hydrogen-bond donors (Lipinski definition) is 1. The molecule has 14 heavy (non-hydrogen) atoms. The molecule has 0 aliphatic heterocycles. The average molecular weight is 193 g/mol. The van der Waals surface area contributed by atoms with Gasteiger partial charge in [-0.15, -0.1) is 0 Å². The third-order valence-corrected chi connectivity index (χ3v) is 2.16. The van der Waals surface area contributed by atoms with Crippen LogP contribution in [0.15, 0.2) is 6.07 Å². The summed E-state index contributed by atoms with van der Waals surface area (Å²) in [6.07, 6.45) is 4.53. The number of hydrogen-bond acceptors (Lipinski definition) is 3. The van der Waals surface area contributed by atoms with Gasteiger partial charge in [0.05, 0.1) is 0 Å². The molecule has 0 saturated heterocycles. The van der Waals surface area contributed by atoms with Crippen molar-refractivity contribution in [2.24, 2.45) is 5.73 Å². The first-order valence-corrected chi connectivity index (χ1v) is 5.23. The Morgan fingerprint density at radius 3 is 2.57 bits per heavy atom. The molecule has 0 atom stereocenters. The SMILES string of the molecule is Cc1cc(CCCCCN)nc(C)n1. The van der Waals surface area contributed by atoms with Crippen molar-refractivity contribution in [1.29, 1.82) is 0 Å². The van der Waals surface area contributed by atoms with Crippen molar-refractivity contribution in [3.63, 3.8) is 0 Å². The van der Waals surface area contributed by atoms with Gasteiger partial charge in [-0.05, 0) is 45.7 Å².